The summed E-state index contributed by atoms with van der Waals surface area (Å²) in [4.78, 5) is 12.0. The first-order valence-corrected chi connectivity index (χ1v) is 6.22. The third-order valence-electron chi connectivity index (χ3n) is 3.37. The van der Waals surface area contributed by atoms with E-state index in [1.807, 2.05) is 6.92 Å². The summed E-state index contributed by atoms with van der Waals surface area (Å²) in [5.74, 6) is -2.53. The number of nitrogens with one attached hydrogen (secondary N) is 1. The van der Waals surface area contributed by atoms with E-state index >= 15 is 0 Å². The first kappa shape index (κ1) is 15.6. The second kappa shape index (κ2) is 6.10. The van der Waals surface area contributed by atoms with Gasteiger partial charge in [-0.1, -0.05) is 13.0 Å². The molecule has 0 aliphatic rings. The van der Waals surface area contributed by atoms with Gasteiger partial charge in [-0.25, -0.2) is 8.78 Å². The van der Waals surface area contributed by atoms with Crippen LogP contribution in [0.25, 0.3) is 0 Å². The van der Waals surface area contributed by atoms with Crippen LogP contribution < -0.4 is 5.32 Å². The van der Waals surface area contributed by atoms with Crippen LogP contribution in [0.15, 0.2) is 12.1 Å². The molecule has 1 rings (SSSR count). The highest BCUT2D eigenvalue weighted by atomic mass is 19.1. The summed E-state index contributed by atoms with van der Waals surface area (Å²) < 4.78 is 27.4. The molecule has 0 radical (unpaired) electrons. The highest BCUT2D eigenvalue weighted by Gasteiger charge is 2.27. The van der Waals surface area contributed by atoms with Crippen LogP contribution in [0.1, 0.15) is 42.6 Å². The first-order chi connectivity index (χ1) is 8.84. The van der Waals surface area contributed by atoms with Crippen LogP contribution in [0.5, 0.6) is 0 Å². The van der Waals surface area contributed by atoms with Gasteiger partial charge in [0, 0.05) is 12.1 Å². The smallest absolute Gasteiger partial charge is 0.257 e. The van der Waals surface area contributed by atoms with Gasteiger partial charge in [0.25, 0.3) is 5.91 Å². The van der Waals surface area contributed by atoms with Crippen molar-refractivity contribution in [2.24, 2.45) is 0 Å². The largest absolute Gasteiger partial charge is 0.396 e. The van der Waals surface area contributed by atoms with Crippen molar-refractivity contribution in [1.82, 2.24) is 5.32 Å². The number of aliphatic hydroxyl groups excluding tert-OH is 1. The van der Waals surface area contributed by atoms with E-state index in [0.29, 0.717) is 12.8 Å². The molecule has 1 amide bonds. The van der Waals surface area contributed by atoms with Gasteiger partial charge in [-0.15, -0.1) is 0 Å². The quantitative estimate of drug-likeness (QED) is 0.864. The third-order valence-corrected chi connectivity index (χ3v) is 3.37. The molecular weight excluding hydrogens is 252 g/mol. The van der Waals surface area contributed by atoms with Crippen LogP contribution in [0.2, 0.25) is 0 Å². The van der Waals surface area contributed by atoms with Gasteiger partial charge in [-0.3, -0.25) is 4.79 Å². The Balaban J connectivity index is 3.05. The number of aliphatic hydroxyl groups is 1. The van der Waals surface area contributed by atoms with Crippen molar-refractivity contribution in [2.45, 2.75) is 39.2 Å². The van der Waals surface area contributed by atoms with Crippen molar-refractivity contribution >= 4 is 5.91 Å². The number of carbonyl (C=O) groups is 1. The standard InChI is InChI=1S/C14H19F2NO2/c1-4-14(3,7-8-18)17-13(19)11-10(15)6-5-9(2)12(11)16/h5-6,18H,4,7-8H2,1-3H3,(H,17,19). The molecule has 0 aliphatic carbocycles. The SMILES string of the molecule is CCC(C)(CCO)NC(=O)c1c(F)ccc(C)c1F. The Bertz CT molecular complexity index is 477. The fourth-order valence-electron chi connectivity index (χ4n) is 1.78. The molecule has 106 valence electrons. The van der Waals surface area contributed by atoms with Crippen LogP contribution in [0, 0.1) is 18.6 Å². The monoisotopic (exact) mass is 271 g/mol. The van der Waals surface area contributed by atoms with Crippen molar-refractivity contribution in [1.29, 1.82) is 0 Å². The Morgan fingerprint density at radius 1 is 1.42 bits per heavy atom. The number of benzene rings is 1. The minimum absolute atomic E-state index is 0.108. The van der Waals surface area contributed by atoms with Crippen molar-refractivity contribution in [3.05, 3.63) is 34.9 Å². The number of rotatable bonds is 5. The Labute approximate surface area is 111 Å². The Morgan fingerprint density at radius 2 is 2.05 bits per heavy atom. The van der Waals surface area contributed by atoms with E-state index in [1.165, 1.54) is 13.0 Å². The van der Waals surface area contributed by atoms with Gasteiger partial charge < -0.3 is 10.4 Å². The molecule has 0 saturated heterocycles. The molecule has 0 saturated carbocycles. The van der Waals surface area contributed by atoms with Crippen LogP contribution in [-0.2, 0) is 0 Å². The lowest BCUT2D eigenvalue weighted by Crippen LogP contribution is -2.46. The maximum atomic E-state index is 13.8. The lowest BCUT2D eigenvalue weighted by atomic mass is 9.94. The molecule has 3 nitrogen and oxygen atoms in total. The second-order valence-electron chi connectivity index (χ2n) is 4.90. The number of amides is 1. The van der Waals surface area contributed by atoms with E-state index in [-0.39, 0.29) is 12.2 Å². The average Bonchev–Trinajstić information content (AvgIpc) is 2.34. The topological polar surface area (TPSA) is 49.3 Å². The van der Waals surface area contributed by atoms with E-state index in [0.717, 1.165) is 6.07 Å². The fraction of sp³-hybridized carbons (Fsp3) is 0.500. The molecule has 1 aromatic carbocycles. The van der Waals surface area contributed by atoms with Crippen LogP contribution in [0.4, 0.5) is 8.78 Å². The lowest BCUT2D eigenvalue weighted by Gasteiger charge is -2.29. The minimum atomic E-state index is -0.886. The van der Waals surface area contributed by atoms with Gasteiger partial charge in [0.1, 0.15) is 17.2 Å². The molecule has 0 bridgehead atoms. The molecule has 0 heterocycles. The molecule has 1 unspecified atom stereocenters. The van der Waals surface area contributed by atoms with Crippen molar-refractivity contribution in [2.75, 3.05) is 6.61 Å². The third kappa shape index (κ3) is 3.50. The van der Waals surface area contributed by atoms with E-state index in [2.05, 4.69) is 5.32 Å². The molecule has 0 spiro atoms. The van der Waals surface area contributed by atoms with E-state index in [1.54, 1.807) is 6.92 Å². The van der Waals surface area contributed by atoms with Crippen LogP contribution >= 0.6 is 0 Å². The van der Waals surface area contributed by atoms with Gasteiger partial charge in [0.05, 0.1) is 0 Å². The highest BCUT2D eigenvalue weighted by molar-refractivity contribution is 5.95. The molecule has 2 N–H and O–H groups in total. The average molecular weight is 271 g/mol. The maximum absolute atomic E-state index is 13.8. The molecule has 1 aromatic rings. The molecule has 1 atom stereocenters. The summed E-state index contributed by atoms with van der Waals surface area (Å²) in [5, 5.41) is 11.6. The number of aryl methyl sites for hydroxylation is 1. The fourth-order valence-corrected chi connectivity index (χ4v) is 1.78. The first-order valence-electron chi connectivity index (χ1n) is 6.22. The Morgan fingerprint density at radius 3 is 2.58 bits per heavy atom. The number of carbonyl (C=O) groups excluding carboxylic acids is 1. The van der Waals surface area contributed by atoms with Gasteiger partial charge in [0.2, 0.25) is 0 Å². The summed E-state index contributed by atoms with van der Waals surface area (Å²) in [6.07, 6.45) is 0.874. The lowest BCUT2D eigenvalue weighted by molar-refractivity contribution is 0.0877. The van der Waals surface area contributed by atoms with Gasteiger partial charge in [0.15, 0.2) is 0 Å². The predicted molar refractivity (Wildman–Crippen MR) is 69.0 cm³/mol. The zero-order valence-electron chi connectivity index (χ0n) is 11.4. The van der Waals surface area contributed by atoms with Crippen molar-refractivity contribution < 1.29 is 18.7 Å². The summed E-state index contributed by atoms with van der Waals surface area (Å²) in [6.45, 7) is 4.92. The zero-order chi connectivity index (χ0) is 14.6. The van der Waals surface area contributed by atoms with E-state index in [9.17, 15) is 13.6 Å². The maximum Gasteiger partial charge on any atom is 0.257 e. The molecule has 19 heavy (non-hydrogen) atoms. The van der Waals surface area contributed by atoms with Gasteiger partial charge >= 0.3 is 0 Å². The molecule has 0 aliphatic heterocycles. The molecule has 0 fully saturated rings. The van der Waals surface area contributed by atoms with E-state index in [4.69, 9.17) is 5.11 Å². The number of hydrogen-bond donors (Lipinski definition) is 2. The van der Waals surface area contributed by atoms with Crippen LogP contribution in [0.3, 0.4) is 0 Å². The van der Waals surface area contributed by atoms with Crippen molar-refractivity contribution in [3.8, 4) is 0 Å². The normalized spacial score (nSPS) is 14.0. The second-order valence-corrected chi connectivity index (χ2v) is 4.90. The summed E-state index contributed by atoms with van der Waals surface area (Å²) >= 11 is 0. The predicted octanol–water partition coefficient (Wildman–Crippen LogP) is 2.55. The van der Waals surface area contributed by atoms with Crippen LogP contribution in [-0.4, -0.2) is 23.2 Å². The minimum Gasteiger partial charge on any atom is -0.396 e. The van der Waals surface area contributed by atoms with Crippen molar-refractivity contribution in [3.63, 3.8) is 0 Å². The number of halogens is 2. The molecule has 5 heteroatoms. The van der Waals surface area contributed by atoms with Gasteiger partial charge in [-0.05, 0) is 38.3 Å². The van der Waals surface area contributed by atoms with Gasteiger partial charge in [-0.2, -0.15) is 0 Å². The summed E-state index contributed by atoms with van der Waals surface area (Å²) in [5.41, 5.74) is -1.04. The molecular formula is C14H19F2NO2. The number of hydrogen-bond acceptors (Lipinski definition) is 2. The molecule has 0 aromatic heterocycles. The zero-order valence-corrected chi connectivity index (χ0v) is 11.4. The summed E-state index contributed by atoms with van der Waals surface area (Å²) in [7, 11) is 0. The highest BCUT2D eigenvalue weighted by Crippen LogP contribution is 2.19. The van der Waals surface area contributed by atoms with E-state index < -0.39 is 28.6 Å². The Hall–Kier alpha value is -1.49. The summed E-state index contributed by atoms with van der Waals surface area (Å²) in [6, 6.07) is 2.36. The Kier molecular flexibility index (Phi) is 5.00.